The van der Waals surface area contributed by atoms with Crippen molar-refractivity contribution >= 4 is 51.6 Å². The third-order valence-corrected chi connectivity index (χ3v) is 8.70. The highest BCUT2D eigenvalue weighted by Crippen LogP contribution is 2.56. The summed E-state index contributed by atoms with van der Waals surface area (Å²) in [5.74, 6) is 1.24. The average molecular weight is 547 g/mol. The van der Waals surface area contributed by atoms with E-state index in [-0.39, 0.29) is 11.0 Å². The number of carbonyl (C=O) groups is 1. The Hall–Kier alpha value is -3.42. The Labute approximate surface area is 229 Å². The van der Waals surface area contributed by atoms with Crippen molar-refractivity contribution in [3.05, 3.63) is 75.6 Å². The van der Waals surface area contributed by atoms with Crippen LogP contribution in [-0.4, -0.2) is 39.3 Å². The number of hydrogen-bond donors (Lipinski definition) is 1. The number of aromatic nitrogens is 3. The summed E-state index contributed by atoms with van der Waals surface area (Å²) >= 11 is 13.1. The maximum atomic E-state index is 11.2. The number of carboxylic acids is 1. The van der Waals surface area contributed by atoms with Crippen LogP contribution in [-0.2, 0) is 0 Å². The van der Waals surface area contributed by atoms with Crippen LogP contribution in [0, 0.1) is 5.41 Å². The van der Waals surface area contributed by atoms with E-state index in [9.17, 15) is 9.90 Å². The van der Waals surface area contributed by atoms with Gasteiger partial charge in [0.1, 0.15) is 17.3 Å². The van der Waals surface area contributed by atoms with Crippen LogP contribution in [0.2, 0.25) is 10.0 Å². The summed E-state index contributed by atoms with van der Waals surface area (Å²) in [7, 11) is 0. The monoisotopic (exact) mass is 546 g/mol. The lowest BCUT2D eigenvalue weighted by Crippen LogP contribution is -2.42. The molecule has 2 aromatic heterocycles. The predicted molar refractivity (Wildman–Crippen MR) is 147 cm³/mol. The molecule has 0 unspecified atom stereocenters. The Morgan fingerprint density at radius 3 is 2.47 bits per heavy atom. The van der Waals surface area contributed by atoms with E-state index >= 15 is 0 Å². The largest absolute Gasteiger partial charge is 0.478 e. The number of halogens is 2. The van der Waals surface area contributed by atoms with Gasteiger partial charge >= 0.3 is 5.97 Å². The molecule has 7 rings (SSSR count). The first-order chi connectivity index (χ1) is 18.4. The minimum absolute atomic E-state index is 0.145. The number of benzene rings is 2. The molecule has 1 spiro atoms. The molecular weight excluding hydrogens is 523 g/mol. The van der Waals surface area contributed by atoms with Crippen LogP contribution in [0.4, 0.5) is 5.82 Å². The Morgan fingerprint density at radius 1 is 1.05 bits per heavy atom. The standard InChI is InChI=1S/C29H24Cl2N4O3/c30-19-2-1-3-20(31)25(19)26-24(27(38-34-26)16-4-5-16)18-13-29(14-18)8-10-35(11-9-29)23-15-32-22-12-17(28(36)37)6-7-21(22)33-23/h1-3,6-7,12-13,15-16H,4-5,8-11,14H2,(H,36,37). The average Bonchev–Trinajstić information content (AvgIpc) is 3.66. The fourth-order valence-electron chi connectivity index (χ4n) is 5.80. The molecule has 3 heterocycles. The van der Waals surface area contributed by atoms with E-state index in [1.807, 2.05) is 18.2 Å². The lowest BCUT2D eigenvalue weighted by Gasteiger charge is -2.46. The molecule has 2 aliphatic carbocycles. The van der Waals surface area contributed by atoms with E-state index in [0.29, 0.717) is 27.0 Å². The zero-order valence-corrected chi connectivity index (χ0v) is 22.0. The van der Waals surface area contributed by atoms with Crippen LogP contribution in [0.1, 0.15) is 59.7 Å². The lowest BCUT2D eigenvalue weighted by atomic mass is 9.63. The number of rotatable bonds is 5. The normalized spacial score (nSPS) is 18.5. The van der Waals surface area contributed by atoms with Gasteiger partial charge in [-0.05, 0) is 73.4 Å². The second kappa shape index (κ2) is 8.82. The van der Waals surface area contributed by atoms with E-state index in [0.717, 1.165) is 73.6 Å². The fourth-order valence-corrected chi connectivity index (χ4v) is 6.38. The zero-order valence-electron chi connectivity index (χ0n) is 20.5. The van der Waals surface area contributed by atoms with Gasteiger partial charge in [-0.2, -0.15) is 0 Å². The van der Waals surface area contributed by atoms with Gasteiger partial charge in [-0.3, -0.25) is 4.98 Å². The van der Waals surface area contributed by atoms with Gasteiger partial charge in [-0.25, -0.2) is 9.78 Å². The molecule has 2 aromatic carbocycles. The fraction of sp³-hybridized carbons (Fsp3) is 0.310. The van der Waals surface area contributed by atoms with Gasteiger partial charge in [0.05, 0.1) is 32.8 Å². The molecule has 192 valence electrons. The highest BCUT2D eigenvalue weighted by Gasteiger charge is 2.44. The van der Waals surface area contributed by atoms with E-state index in [1.165, 1.54) is 5.57 Å². The molecule has 3 aliphatic rings. The molecule has 9 heteroatoms. The van der Waals surface area contributed by atoms with Gasteiger partial charge in [-0.1, -0.05) is 40.5 Å². The Bertz CT molecular complexity index is 1610. The molecule has 1 aliphatic heterocycles. The summed E-state index contributed by atoms with van der Waals surface area (Å²) in [4.78, 5) is 22.7. The van der Waals surface area contributed by atoms with Crippen LogP contribution in [0.3, 0.4) is 0 Å². The smallest absolute Gasteiger partial charge is 0.335 e. The van der Waals surface area contributed by atoms with Gasteiger partial charge in [0, 0.05) is 30.1 Å². The van der Waals surface area contributed by atoms with E-state index in [2.05, 4.69) is 21.1 Å². The molecule has 1 saturated carbocycles. The van der Waals surface area contributed by atoms with Crippen LogP contribution in [0.25, 0.3) is 27.9 Å². The molecule has 1 N–H and O–H groups in total. The lowest BCUT2D eigenvalue weighted by molar-refractivity contribution is 0.0697. The minimum atomic E-state index is -0.968. The Balaban J connectivity index is 1.13. The number of anilines is 1. The summed E-state index contributed by atoms with van der Waals surface area (Å²) in [5.41, 5.74) is 5.48. The second-order valence-corrected chi connectivity index (χ2v) is 11.4. The molecule has 0 radical (unpaired) electrons. The van der Waals surface area contributed by atoms with Crippen molar-refractivity contribution in [1.82, 2.24) is 15.1 Å². The van der Waals surface area contributed by atoms with Crippen molar-refractivity contribution in [2.45, 2.75) is 38.0 Å². The molecular formula is C29H24Cl2N4O3. The van der Waals surface area contributed by atoms with Crippen LogP contribution in [0.5, 0.6) is 0 Å². The number of nitrogens with zero attached hydrogens (tertiary/aromatic N) is 4. The number of piperidine rings is 1. The van der Waals surface area contributed by atoms with Crippen molar-refractivity contribution < 1.29 is 14.4 Å². The van der Waals surface area contributed by atoms with E-state index in [4.69, 9.17) is 32.7 Å². The third-order valence-electron chi connectivity index (χ3n) is 8.07. The van der Waals surface area contributed by atoms with E-state index < -0.39 is 5.97 Å². The van der Waals surface area contributed by atoms with Gasteiger partial charge < -0.3 is 14.5 Å². The number of hydrogen-bond acceptors (Lipinski definition) is 6. The maximum Gasteiger partial charge on any atom is 0.335 e. The quantitative estimate of drug-likeness (QED) is 0.282. The summed E-state index contributed by atoms with van der Waals surface area (Å²) in [6, 6.07) is 10.4. The Kier molecular flexibility index (Phi) is 5.49. The zero-order chi connectivity index (χ0) is 26.0. The molecule has 0 atom stereocenters. The molecule has 4 aromatic rings. The first kappa shape index (κ1) is 23.7. The number of carboxylic acid groups (broad SMARTS) is 1. The van der Waals surface area contributed by atoms with Gasteiger partial charge in [-0.15, -0.1) is 0 Å². The molecule has 0 bridgehead atoms. The molecule has 7 nitrogen and oxygen atoms in total. The van der Waals surface area contributed by atoms with Crippen LogP contribution >= 0.6 is 23.2 Å². The maximum absolute atomic E-state index is 11.2. The summed E-state index contributed by atoms with van der Waals surface area (Å²) < 4.78 is 5.88. The molecule has 1 saturated heterocycles. The first-order valence-corrected chi connectivity index (χ1v) is 13.6. The van der Waals surface area contributed by atoms with Gasteiger partial charge in [0.2, 0.25) is 0 Å². The number of fused-ring (bicyclic) bond motifs is 1. The van der Waals surface area contributed by atoms with Crippen LogP contribution in [0.15, 0.2) is 53.2 Å². The summed E-state index contributed by atoms with van der Waals surface area (Å²) in [6.45, 7) is 1.75. The van der Waals surface area contributed by atoms with Crippen molar-refractivity contribution in [2.24, 2.45) is 5.41 Å². The van der Waals surface area contributed by atoms with Crippen LogP contribution < -0.4 is 4.90 Å². The van der Waals surface area contributed by atoms with Crippen molar-refractivity contribution in [3.8, 4) is 11.3 Å². The van der Waals surface area contributed by atoms with Gasteiger partial charge in [0.25, 0.3) is 0 Å². The second-order valence-electron chi connectivity index (χ2n) is 10.6. The third kappa shape index (κ3) is 3.96. The van der Waals surface area contributed by atoms with Crippen molar-refractivity contribution in [2.75, 3.05) is 18.0 Å². The topological polar surface area (TPSA) is 92.3 Å². The highest BCUT2D eigenvalue weighted by atomic mass is 35.5. The SMILES string of the molecule is O=C(O)c1ccc2nc(N3CCC4(C=C(c5c(-c6c(Cl)cccc6Cl)noc5C5CC5)C4)CC3)cnc2c1. The first-order valence-electron chi connectivity index (χ1n) is 12.8. The molecule has 2 fully saturated rings. The summed E-state index contributed by atoms with van der Waals surface area (Å²) in [6.07, 6.45) is 9.40. The van der Waals surface area contributed by atoms with Gasteiger partial charge in [0.15, 0.2) is 0 Å². The minimum Gasteiger partial charge on any atom is -0.478 e. The van der Waals surface area contributed by atoms with Crippen molar-refractivity contribution in [3.63, 3.8) is 0 Å². The molecule has 38 heavy (non-hydrogen) atoms. The Morgan fingerprint density at radius 2 is 1.79 bits per heavy atom. The number of aromatic carboxylic acids is 1. The number of allylic oxidation sites excluding steroid dienone is 2. The highest BCUT2D eigenvalue weighted by molar-refractivity contribution is 6.39. The molecule has 0 amide bonds. The predicted octanol–water partition coefficient (Wildman–Crippen LogP) is 7.24. The van der Waals surface area contributed by atoms with Crippen molar-refractivity contribution in [1.29, 1.82) is 0 Å². The summed E-state index contributed by atoms with van der Waals surface area (Å²) in [5, 5.41) is 14.8. The van der Waals surface area contributed by atoms with E-state index in [1.54, 1.807) is 24.4 Å².